The van der Waals surface area contributed by atoms with Gasteiger partial charge in [0.1, 0.15) is 0 Å². The molecule has 0 saturated carbocycles. The maximum atomic E-state index is 11.3. The first-order chi connectivity index (χ1) is 12.7. The third kappa shape index (κ3) is 4.70. The van der Waals surface area contributed by atoms with E-state index < -0.39 is 10.0 Å². The number of rotatable bonds is 5. The maximum absolute atomic E-state index is 11.3. The number of carbonyl (C=O) groups excluding carboxylic acids is 1. The van der Waals surface area contributed by atoms with Crippen molar-refractivity contribution in [1.29, 1.82) is 0 Å². The molecule has 1 heterocycles. The molecule has 0 atom stereocenters. The summed E-state index contributed by atoms with van der Waals surface area (Å²) in [5, 5.41) is 6.73. The number of hydrogen-bond donors (Lipinski definition) is 2. The molecule has 2 aromatic carbocycles. The van der Waals surface area contributed by atoms with Gasteiger partial charge in [0.25, 0.3) is 5.89 Å². The van der Waals surface area contributed by atoms with Crippen molar-refractivity contribution in [2.75, 3.05) is 16.3 Å². The lowest BCUT2D eigenvalue weighted by Crippen LogP contribution is -2.09. The number of benzene rings is 2. The molecule has 1 aromatic heterocycles. The van der Waals surface area contributed by atoms with Crippen molar-refractivity contribution in [2.24, 2.45) is 0 Å². The van der Waals surface area contributed by atoms with E-state index in [1.54, 1.807) is 30.3 Å². The van der Waals surface area contributed by atoms with E-state index in [4.69, 9.17) is 4.52 Å². The van der Waals surface area contributed by atoms with Gasteiger partial charge in [0, 0.05) is 29.4 Å². The van der Waals surface area contributed by atoms with Gasteiger partial charge in [-0.1, -0.05) is 11.2 Å². The van der Waals surface area contributed by atoms with Crippen LogP contribution in [0.4, 0.5) is 11.4 Å². The van der Waals surface area contributed by atoms with Gasteiger partial charge in [0.15, 0.2) is 0 Å². The van der Waals surface area contributed by atoms with Crippen molar-refractivity contribution in [3.63, 3.8) is 0 Å². The van der Waals surface area contributed by atoms with Gasteiger partial charge in [-0.05, 0) is 48.9 Å². The highest BCUT2D eigenvalue weighted by atomic mass is 32.2. The Bertz CT molecular complexity index is 1090. The summed E-state index contributed by atoms with van der Waals surface area (Å²) in [6.07, 6.45) is 1.09. The van der Waals surface area contributed by atoms with Crippen LogP contribution in [0, 0.1) is 6.92 Å². The highest BCUT2D eigenvalue weighted by molar-refractivity contribution is 7.92. The molecule has 0 aliphatic carbocycles. The Morgan fingerprint density at radius 3 is 2.37 bits per heavy atom. The van der Waals surface area contributed by atoms with Crippen molar-refractivity contribution >= 4 is 27.3 Å². The van der Waals surface area contributed by atoms with E-state index in [2.05, 4.69) is 20.2 Å². The molecule has 0 spiro atoms. The molecule has 140 valence electrons. The smallest absolute Gasteiger partial charge is 0.258 e. The van der Waals surface area contributed by atoms with E-state index in [0.29, 0.717) is 34.2 Å². The van der Waals surface area contributed by atoms with Crippen molar-refractivity contribution in [3.05, 3.63) is 48.0 Å². The number of aromatic nitrogens is 2. The summed E-state index contributed by atoms with van der Waals surface area (Å²) in [7, 11) is -3.33. The van der Waals surface area contributed by atoms with Crippen LogP contribution in [0.3, 0.4) is 0 Å². The quantitative estimate of drug-likeness (QED) is 0.697. The second-order valence-corrected chi connectivity index (χ2v) is 7.83. The summed E-state index contributed by atoms with van der Waals surface area (Å²) in [5.41, 5.74) is 3.40. The number of aryl methyl sites for hydroxylation is 1. The van der Waals surface area contributed by atoms with Gasteiger partial charge < -0.3 is 9.84 Å². The molecular formula is C18H18N4O4S. The van der Waals surface area contributed by atoms with Gasteiger partial charge in [-0.15, -0.1) is 0 Å². The zero-order chi connectivity index (χ0) is 19.6. The van der Waals surface area contributed by atoms with E-state index in [0.717, 1.165) is 11.8 Å². The Labute approximate surface area is 156 Å². The predicted octanol–water partition coefficient (Wildman–Crippen LogP) is 3.04. The van der Waals surface area contributed by atoms with E-state index in [-0.39, 0.29) is 5.91 Å². The number of amides is 1. The van der Waals surface area contributed by atoms with Crippen LogP contribution >= 0.6 is 0 Å². The Balaban J connectivity index is 1.86. The average molecular weight is 386 g/mol. The maximum Gasteiger partial charge on any atom is 0.258 e. The molecule has 0 radical (unpaired) electrons. The molecule has 0 fully saturated rings. The molecule has 0 unspecified atom stereocenters. The Hall–Kier alpha value is -3.20. The lowest BCUT2D eigenvalue weighted by Gasteiger charge is -2.07. The Morgan fingerprint density at radius 1 is 1.07 bits per heavy atom. The number of carbonyl (C=O) groups is 1. The van der Waals surface area contributed by atoms with Crippen LogP contribution in [-0.2, 0) is 14.8 Å². The summed E-state index contributed by atoms with van der Waals surface area (Å²) in [6.45, 7) is 3.33. The highest BCUT2D eigenvalue weighted by Gasteiger charge is 2.13. The zero-order valence-corrected chi connectivity index (χ0v) is 15.8. The minimum absolute atomic E-state index is 0.163. The van der Waals surface area contributed by atoms with Crippen LogP contribution in [0.15, 0.2) is 47.0 Å². The van der Waals surface area contributed by atoms with E-state index in [9.17, 15) is 13.2 Å². The summed E-state index contributed by atoms with van der Waals surface area (Å²) >= 11 is 0. The average Bonchev–Trinajstić information content (AvgIpc) is 3.06. The van der Waals surface area contributed by atoms with Gasteiger partial charge >= 0.3 is 0 Å². The second-order valence-electron chi connectivity index (χ2n) is 6.09. The summed E-state index contributed by atoms with van der Waals surface area (Å²) in [6, 6.07) is 12.1. The molecule has 9 heteroatoms. The topological polar surface area (TPSA) is 114 Å². The number of nitrogens with one attached hydrogen (secondary N) is 2. The summed E-state index contributed by atoms with van der Waals surface area (Å²) in [4.78, 5) is 15.7. The molecule has 1 amide bonds. The molecule has 3 rings (SSSR count). The van der Waals surface area contributed by atoms with Gasteiger partial charge in [0.05, 0.1) is 6.26 Å². The molecule has 0 aliphatic rings. The highest BCUT2D eigenvalue weighted by Crippen LogP contribution is 2.27. The Morgan fingerprint density at radius 2 is 1.74 bits per heavy atom. The minimum Gasteiger partial charge on any atom is -0.334 e. The first-order valence-corrected chi connectivity index (χ1v) is 9.91. The fourth-order valence-corrected chi connectivity index (χ4v) is 3.00. The monoisotopic (exact) mass is 386 g/mol. The molecule has 3 aromatic rings. The van der Waals surface area contributed by atoms with Crippen LogP contribution in [0.2, 0.25) is 0 Å². The zero-order valence-electron chi connectivity index (χ0n) is 15.0. The Kier molecular flexibility index (Phi) is 4.95. The molecule has 0 aliphatic heterocycles. The first-order valence-electron chi connectivity index (χ1n) is 8.02. The van der Waals surface area contributed by atoms with E-state index in [1.807, 2.05) is 19.1 Å². The third-order valence-electron chi connectivity index (χ3n) is 3.67. The predicted molar refractivity (Wildman–Crippen MR) is 103 cm³/mol. The summed E-state index contributed by atoms with van der Waals surface area (Å²) < 4.78 is 30.2. The largest absolute Gasteiger partial charge is 0.334 e. The SMILES string of the molecule is CC(=O)Nc1cc(-c2nc(-c3ccc(NS(C)(=O)=O)cc3)no2)ccc1C. The van der Waals surface area contributed by atoms with Crippen LogP contribution in [-0.4, -0.2) is 30.7 Å². The number of nitrogens with zero attached hydrogens (tertiary/aromatic N) is 2. The fraction of sp³-hybridized carbons (Fsp3) is 0.167. The fourth-order valence-electron chi connectivity index (χ4n) is 2.44. The van der Waals surface area contributed by atoms with Crippen LogP contribution in [0.1, 0.15) is 12.5 Å². The standard InChI is InChI=1S/C18H18N4O4S/c1-11-4-5-14(10-16(11)19-12(2)23)18-20-17(21-26-18)13-6-8-15(9-7-13)22-27(3,24)25/h4-10,22H,1-3H3,(H,19,23). The normalized spacial score (nSPS) is 11.2. The van der Waals surface area contributed by atoms with Gasteiger partial charge in [-0.25, -0.2) is 8.42 Å². The molecule has 0 saturated heterocycles. The van der Waals surface area contributed by atoms with Crippen molar-refractivity contribution in [3.8, 4) is 22.8 Å². The van der Waals surface area contributed by atoms with Gasteiger partial charge in [-0.3, -0.25) is 9.52 Å². The van der Waals surface area contributed by atoms with Crippen LogP contribution in [0.5, 0.6) is 0 Å². The number of hydrogen-bond acceptors (Lipinski definition) is 6. The molecule has 0 bridgehead atoms. The minimum atomic E-state index is -3.33. The van der Waals surface area contributed by atoms with Gasteiger partial charge in [-0.2, -0.15) is 4.98 Å². The first kappa shape index (κ1) is 18.6. The number of sulfonamides is 1. The molecular weight excluding hydrogens is 368 g/mol. The van der Waals surface area contributed by atoms with E-state index >= 15 is 0 Å². The van der Waals surface area contributed by atoms with Crippen molar-refractivity contribution in [2.45, 2.75) is 13.8 Å². The number of anilines is 2. The van der Waals surface area contributed by atoms with Gasteiger partial charge in [0.2, 0.25) is 21.8 Å². The third-order valence-corrected chi connectivity index (χ3v) is 4.27. The van der Waals surface area contributed by atoms with Crippen molar-refractivity contribution < 1.29 is 17.7 Å². The van der Waals surface area contributed by atoms with E-state index in [1.165, 1.54) is 6.92 Å². The lowest BCUT2D eigenvalue weighted by atomic mass is 10.1. The lowest BCUT2D eigenvalue weighted by molar-refractivity contribution is -0.114. The van der Waals surface area contributed by atoms with Crippen molar-refractivity contribution in [1.82, 2.24) is 10.1 Å². The second kappa shape index (κ2) is 7.20. The van der Waals surface area contributed by atoms with Crippen LogP contribution < -0.4 is 10.0 Å². The summed E-state index contributed by atoms with van der Waals surface area (Å²) in [5.74, 6) is 0.525. The molecule has 2 N–H and O–H groups in total. The molecule has 27 heavy (non-hydrogen) atoms. The molecule has 8 nitrogen and oxygen atoms in total. The van der Waals surface area contributed by atoms with Crippen LogP contribution in [0.25, 0.3) is 22.8 Å².